The van der Waals surface area contributed by atoms with E-state index in [0.29, 0.717) is 40.7 Å². The summed E-state index contributed by atoms with van der Waals surface area (Å²) in [5, 5.41) is 6.87. The zero-order chi connectivity index (χ0) is 35.9. The molecule has 0 saturated carbocycles. The van der Waals surface area contributed by atoms with Gasteiger partial charge in [-0.1, -0.05) is 30.0 Å². The first-order chi connectivity index (χ1) is 22.9. The Balaban J connectivity index is 1.45. The summed E-state index contributed by atoms with van der Waals surface area (Å²) in [5.41, 5.74) is 0.444. The molecule has 1 heterocycles. The standard InChI is InChI=1S/C35H40N4O9S/c1-34(2,3)47-31(42)36-22-9-8-10-24(18-22)46-25-15-16-26(27(19-25)39(7)33(44)48-35(4,5)6)37-29(40)20-45-23-13-11-21(12-14-23)17-28-30(41)38-32(43)49-28/h8-16,18-19,28H,17,20H2,1-7H3,(H,36,42)(H,37,40)(H,38,41,43). The van der Waals surface area contributed by atoms with Gasteiger partial charge in [0.05, 0.1) is 16.6 Å². The van der Waals surface area contributed by atoms with Crippen molar-refractivity contribution < 1.29 is 42.9 Å². The number of hydrogen-bond donors (Lipinski definition) is 3. The zero-order valence-electron chi connectivity index (χ0n) is 28.4. The number of nitrogens with one attached hydrogen (secondary N) is 3. The molecule has 1 aliphatic rings. The summed E-state index contributed by atoms with van der Waals surface area (Å²) in [4.78, 5) is 62.8. The monoisotopic (exact) mass is 692 g/mol. The number of thioether (sulfide) groups is 1. The molecule has 0 aliphatic carbocycles. The molecule has 3 aromatic carbocycles. The molecule has 1 atom stereocenters. The van der Waals surface area contributed by atoms with Crippen molar-refractivity contribution in [3.8, 4) is 17.2 Å². The van der Waals surface area contributed by atoms with Crippen molar-refractivity contribution in [3.63, 3.8) is 0 Å². The first kappa shape index (κ1) is 36.6. The minimum Gasteiger partial charge on any atom is -0.484 e. The lowest BCUT2D eigenvalue weighted by Crippen LogP contribution is -2.34. The van der Waals surface area contributed by atoms with Crippen molar-refractivity contribution in [2.75, 3.05) is 29.2 Å². The Kier molecular flexibility index (Phi) is 11.4. The fraction of sp³-hybridized carbons (Fsp3) is 0.343. The molecule has 1 saturated heterocycles. The summed E-state index contributed by atoms with van der Waals surface area (Å²) >= 11 is 0.958. The lowest BCUT2D eigenvalue weighted by molar-refractivity contribution is -0.119. The smallest absolute Gasteiger partial charge is 0.414 e. The summed E-state index contributed by atoms with van der Waals surface area (Å²) < 4.78 is 22.6. The van der Waals surface area contributed by atoms with Crippen molar-refractivity contribution in [1.29, 1.82) is 0 Å². The minimum atomic E-state index is -0.770. The summed E-state index contributed by atoms with van der Waals surface area (Å²) in [7, 11) is 1.51. The number of rotatable bonds is 10. The quantitative estimate of drug-likeness (QED) is 0.200. The molecule has 3 aromatic rings. The molecule has 1 fully saturated rings. The van der Waals surface area contributed by atoms with Gasteiger partial charge >= 0.3 is 12.2 Å². The van der Waals surface area contributed by atoms with Crippen molar-refractivity contribution in [1.82, 2.24) is 5.32 Å². The van der Waals surface area contributed by atoms with Crippen LogP contribution in [0.2, 0.25) is 0 Å². The van der Waals surface area contributed by atoms with E-state index in [1.54, 1.807) is 108 Å². The highest BCUT2D eigenvalue weighted by Crippen LogP contribution is 2.34. The summed E-state index contributed by atoms with van der Waals surface area (Å²) in [6.45, 7) is 10.2. The van der Waals surface area contributed by atoms with Crippen LogP contribution in [0.3, 0.4) is 0 Å². The van der Waals surface area contributed by atoms with E-state index >= 15 is 0 Å². The lowest BCUT2D eigenvalue weighted by atomic mass is 10.1. The van der Waals surface area contributed by atoms with Gasteiger partial charge in [-0.3, -0.25) is 29.9 Å². The molecule has 0 bridgehead atoms. The van der Waals surface area contributed by atoms with E-state index in [4.69, 9.17) is 18.9 Å². The maximum absolute atomic E-state index is 13.0. The van der Waals surface area contributed by atoms with Crippen LogP contribution in [0, 0.1) is 0 Å². The molecule has 5 amide bonds. The van der Waals surface area contributed by atoms with E-state index in [0.717, 1.165) is 17.3 Å². The van der Waals surface area contributed by atoms with Crippen LogP contribution >= 0.6 is 11.8 Å². The molecule has 260 valence electrons. The van der Waals surface area contributed by atoms with Gasteiger partial charge in [0.25, 0.3) is 11.1 Å². The normalized spacial score (nSPS) is 14.4. The second-order valence-electron chi connectivity index (χ2n) is 13.0. The Labute approximate surface area is 289 Å². The second kappa shape index (κ2) is 15.3. The summed E-state index contributed by atoms with van der Waals surface area (Å²) in [6.07, 6.45) is -0.886. The minimum absolute atomic E-state index is 0.291. The van der Waals surface area contributed by atoms with Crippen LogP contribution in [0.1, 0.15) is 47.1 Å². The number of ether oxygens (including phenoxy) is 4. The Hall–Kier alpha value is -5.24. The third kappa shape index (κ3) is 11.5. The Morgan fingerprint density at radius 1 is 0.837 bits per heavy atom. The average Bonchev–Trinajstić information content (AvgIpc) is 3.31. The number of carbonyl (C=O) groups excluding carboxylic acids is 5. The number of imide groups is 1. The van der Waals surface area contributed by atoms with Gasteiger partial charge in [-0.05, 0) is 89.9 Å². The Morgan fingerprint density at radius 2 is 1.49 bits per heavy atom. The lowest BCUT2D eigenvalue weighted by Gasteiger charge is -2.26. The molecular formula is C35H40N4O9S. The number of nitrogens with zero attached hydrogens (tertiary/aromatic N) is 1. The largest absolute Gasteiger partial charge is 0.484 e. The van der Waals surface area contributed by atoms with Crippen molar-refractivity contribution in [2.45, 2.75) is 64.4 Å². The van der Waals surface area contributed by atoms with Gasteiger partial charge in [-0.2, -0.15) is 0 Å². The molecule has 0 radical (unpaired) electrons. The molecule has 49 heavy (non-hydrogen) atoms. The molecule has 14 heteroatoms. The third-order valence-corrected chi connectivity index (χ3v) is 7.45. The van der Waals surface area contributed by atoms with E-state index in [9.17, 15) is 24.0 Å². The first-order valence-corrected chi connectivity index (χ1v) is 16.2. The van der Waals surface area contributed by atoms with Crippen LogP contribution in [0.5, 0.6) is 17.2 Å². The number of amides is 5. The highest BCUT2D eigenvalue weighted by molar-refractivity contribution is 8.15. The van der Waals surface area contributed by atoms with Crippen LogP contribution in [0.25, 0.3) is 0 Å². The molecule has 4 rings (SSSR count). The van der Waals surface area contributed by atoms with E-state index in [-0.39, 0.29) is 17.8 Å². The number of hydrogen-bond acceptors (Lipinski definition) is 10. The molecule has 13 nitrogen and oxygen atoms in total. The van der Waals surface area contributed by atoms with Gasteiger partial charge in [-0.25, -0.2) is 9.59 Å². The topological polar surface area (TPSA) is 162 Å². The van der Waals surface area contributed by atoms with Crippen molar-refractivity contribution >= 4 is 58.1 Å². The number of carbonyl (C=O) groups is 5. The fourth-order valence-electron chi connectivity index (χ4n) is 4.38. The highest BCUT2D eigenvalue weighted by atomic mass is 32.2. The average molecular weight is 693 g/mol. The molecule has 1 unspecified atom stereocenters. The fourth-order valence-corrected chi connectivity index (χ4v) is 5.24. The van der Waals surface area contributed by atoms with Crippen LogP contribution < -0.4 is 30.3 Å². The molecule has 0 spiro atoms. The van der Waals surface area contributed by atoms with Gasteiger partial charge < -0.3 is 24.3 Å². The van der Waals surface area contributed by atoms with E-state index in [2.05, 4.69) is 16.0 Å². The van der Waals surface area contributed by atoms with E-state index < -0.39 is 34.5 Å². The predicted octanol–water partition coefficient (Wildman–Crippen LogP) is 7.11. The van der Waals surface area contributed by atoms with Crippen LogP contribution in [-0.4, -0.2) is 59.3 Å². The Morgan fingerprint density at radius 3 is 2.12 bits per heavy atom. The molecule has 1 aliphatic heterocycles. The highest BCUT2D eigenvalue weighted by Gasteiger charge is 2.31. The SMILES string of the molecule is CN(C(=O)OC(C)(C)C)c1cc(Oc2cccc(NC(=O)OC(C)(C)C)c2)ccc1NC(=O)COc1ccc(CC2SC(=O)NC2=O)cc1. The van der Waals surface area contributed by atoms with E-state index in [1.165, 1.54) is 11.9 Å². The molecule has 0 aromatic heterocycles. The Bertz CT molecular complexity index is 1720. The van der Waals surface area contributed by atoms with Crippen LogP contribution in [0.15, 0.2) is 66.7 Å². The molecule has 3 N–H and O–H groups in total. The van der Waals surface area contributed by atoms with Crippen molar-refractivity contribution in [2.24, 2.45) is 0 Å². The van der Waals surface area contributed by atoms with Gasteiger partial charge in [0, 0.05) is 24.9 Å². The van der Waals surface area contributed by atoms with Gasteiger partial charge in [0.1, 0.15) is 28.5 Å². The maximum atomic E-state index is 13.0. The van der Waals surface area contributed by atoms with Crippen LogP contribution in [-0.2, 0) is 25.5 Å². The van der Waals surface area contributed by atoms with Crippen LogP contribution in [0.4, 0.5) is 31.4 Å². The summed E-state index contributed by atoms with van der Waals surface area (Å²) in [5.74, 6) is 0.359. The van der Waals surface area contributed by atoms with Gasteiger partial charge in [-0.15, -0.1) is 0 Å². The zero-order valence-corrected chi connectivity index (χ0v) is 29.2. The van der Waals surface area contributed by atoms with Crippen molar-refractivity contribution in [3.05, 3.63) is 72.3 Å². The maximum Gasteiger partial charge on any atom is 0.414 e. The summed E-state index contributed by atoms with van der Waals surface area (Å²) in [6, 6.07) is 18.4. The first-order valence-electron chi connectivity index (χ1n) is 15.4. The second-order valence-corrected chi connectivity index (χ2v) is 14.2. The predicted molar refractivity (Wildman–Crippen MR) is 187 cm³/mol. The number of anilines is 3. The third-order valence-electron chi connectivity index (χ3n) is 6.47. The van der Waals surface area contributed by atoms with Gasteiger partial charge in [0.15, 0.2) is 6.61 Å². The molecular weight excluding hydrogens is 652 g/mol. The number of benzene rings is 3. The van der Waals surface area contributed by atoms with Gasteiger partial charge in [0.2, 0.25) is 5.91 Å². The van der Waals surface area contributed by atoms with E-state index in [1.807, 2.05) is 0 Å².